The quantitative estimate of drug-likeness (QED) is 0.547. The molecule has 0 fully saturated rings. The van der Waals surface area contributed by atoms with E-state index in [9.17, 15) is 13.2 Å². The molecule has 1 aromatic heterocycles. The molecule has 31 heavy (non-hydrogen) atoms. The van der Waals surface area contributed by atoms with Gasteiger partial charge in [-0.25, -0.2) is 8.42 Å². The number of aryl methyl sites for hydroxylation is 3. The molecule has 0 atom stereocenters. The Kier molecular flexibility index (Phi) is 6.37. The zero-order chi connectivity index (χ0) is 22.8. The molecule has 164 valence electrons. The van der Waals surface area contributed by atoms with Crippen molar-refractivity contribution in [2.75, 3.05) is 14.2 Å². The molecule has 0 bridgehead atoms. The molecule has 0 spiro atoms. The number of nitrogens with one attached hydrogen (secondary N) is 2. The minimum atomic E-state index is -3.95. The van der Waals surface area contributed by atoms with Gasteiger partial charge in [-0.05, 0) is 50.6 Å². The van der Waals surface area contributed by atoms with Crippen molar-refractivity contribution in [1.29, 1.82) is 0 Å². The number of methoxy groups -OCH3 is 2. The van der Waals surface area contributed by atoms with E-state index in [1.165, 1.54) is 26.4 Å². The Bertz CT molecular complexity index is 1210. The number of carbonyl (C=O) groups excluding carboxylic acids is 1. The largest absolute Gasteiger partial charge is 0.493 e. The maximum Gasteiger partial charge on any atom is 0.268 e. The van der Waals surface area contributed by atoms with Crippen molar-refractivity contribution in [3.05, 3.63) is 71.0 Å². The second-order valence-electron chi connectivity index (χ2n) is 7.00. The van der Waals surface area contributed by atoms with Crippen LogP contribution < -0.4 is 19.7 Å². The molecule has 2 aromatic carbocycles. The van der Waals surface area contributed by atoms with E-state index < -0.39 is 15.9 Å². The van der Waals surface area contributed by atoms with Crippen molar-refractivity contribution < 1.29 is 22.7 Å². The molecule has 0 aliphatic carbocycles. The molecule has 9 heteroatoms. The Hall–Kier alpha value is -3.30. The summed E-state index contributed by atoms with van der Waals surface area (Å²) in [7, 11) is -0.979. The van der Waals surface area contributed by atoms with Gasteiger partial charge in [-0.1, -0.05) is 18.2 Å². The van der Waals surface area contributed by atoms with E-state index in [-0.39, 0.29) is 10.5 Å². The number of amides is 1. The number of carbonyl (C=O) groups is 1. The van der Waals surface area contributed by atoms with Gasteiger partial charge in [0.15, 0.2) is 11.5 Å². The van der Waals surface area contributed by atoms with Crippen LogP contribution in [0.4, 0.5) is 0 Å². The van der Waals surface area contributed by atoms with Crippen LogP contribution in [0, 0.1) is 20.8 Å². The summed E-state index contributed by atoms with van der Waals surface area (Å²) in [5.74, 6) is 0.156. The number of rotatable bonds is 7. The molecule has 1 heterocycles. The lowest BCUT2D eigenvalue weighted by Gasteiger charge is -2.18. The average Bonchev–Trinajstić information content (AvgIpc) is 3.09. The van der Waals surface area contributed by atoms with Gasteiger partial charge in [0.05, 0.1) is 30.4 Å². The number of benzene rings is 2. The van der Waals surface area contributed by atoms with Gasteiger partial charge in [-0.2, -0.15) is 0 Å². The predicted molar refractivity (Wildman–Crippen MR) is 117 cm³/mol. The van der Waals surface area contributed by atoms with Crippen LogP contribution in [0.15, 0.2) is 53.4 Å². The second-order valence-corrected chi connectivity index (χ2v) is 8.65. The predicted octanol–water partition coefficient (Wildman–Crippen LogP) is 3.04. The molecular weight excluding hydrogens is 418 g/mol. The molecule has 0 aliphatic rings. The highest BCUT2D eigenvalue weighted by atomic mass is 32.2. The molecule has 8 nitrogen and oxygen atoms in total. The number of ether oxygens (including phenoxy) is 2. The summed E-state index contributed by atoms with van der Waals surface area (Å²) >= 11 is 0. The van der Waals surface area contributed by atoms with Gasteiger partial charge in [0, 0.05) is 17.5 Å². The van der Waals surface area contributed by atoms with E-state index >= 15 is 0 Å². The van der Waals surface area contributed by atoms with E-state index in [4.69, 9.17) is 9.47 Å². The summed E-state index contributed by atoms with van der Waals surface area (Å²) in [4.78, 5) is 15.3. The van der Waals surface area contributed by atoms with Crippen LogP contribution in [-0.2, 0) is 10.0 Å². The highest BCUT2D eigenvalue weighted by Crippen LogP contribution is 2.33. The summed E-state index contributed by atoms with van der Waals surface area (Å²) in [6.07, 6.45) is 0. The summed E-state index contributed by atoms with van der Waals surface area (Å²) in [6.45, 7) is 5.50. The van der Waals surface area contributed by atoms with E-state index in [0.717, 1.165) is 11.4 Å². The lowest BCUT2D eigenvalue weighted by molar-refractivity contribution is 0.0944. The molecule has 3 aromatic rings. The molecule has 0 aliphatic heterocycles. The lowest BCUT2D eigenvalue weighted by atomic mass is 10.1. The van der Waals surface area contributed by atoms with Gasteiger partial charge in [0.1, 0.15) is 0 Å². The van der Waals surface area contributed by atoms with Crippen LogP contribution >= 0.6 is 0 Å². The highest BCUT2D eigenvalue weighted by Gasteiger charge is 2.22. The zero-order valence-electron chi connectivity index (χ0n) is 18.0. The second kappa shape index (κ2) is 8.83. The molecule has 0 saturated heterocycles. The van der Waals surface area contributed by atoms with Crippen molar-refractivity contribution in [2.45, 2.75) is 25.7 Å². The van der Waals surface area contributed by atoms with Crippen molar-refractivity contribution in [3.63, 3.8) is 0 Å². The number of aromatic nitrogens is 1. The Balaban J connectivity index is 2.01. The molecule has 0 unspecified atom stereocenters. The maximum atomic E-state index is 13.1. The zero-order valence-corrected chi connectivity index (χ0v) is 18.8. The Morgan fingerprint density at radius 1 is 0.903 bits per heavy atom. The van der Waals surface area contributed by atoms with Crippen molar-refractivity contribution in [2.24, 2.45) is 0 Å². The molecule has 2 N–H and O–H groups in total. The first-order valence-corrected chi connectivity index (χ1v) is 11.0. The van der Waals surface area contributed by atoms with Gasteiger partial charge in [0.25, 0.3) is 15.9 Å². The van der Waals surface area contributed by atoms with Crippen LogP contribution in [0.1, 0.15) is 27.3 Å². The molecule has 0 saturated carbocycles. The fourth-order valence-corrected chi connectivity index (χ4v) is 4.46. The Labute approximate surface area is 181 Å². The number of hydrogen-bond acceptors (Lipinski definition) is 5. The van der Waals surface area contributed by atoms with Gasteiger partial charge in [-0.15, -0.1) is 4.83 Å². The standard InChI is InChI=1S/C22H25N3O5S/c1-14-8-6-7-9-21(14)31(27,28)24-23-22(26)17-12-19(29-4)20(30-5)13-18(17)25-15(2)10-11-16(25)3/h6-13,24H,1-5H3,(H,23,26). The molecule has 3 rings (SSSR count). The summed E-state index contributed by atoms with van der Waals surface area (Å²) in [5.41, 5.74) is 5.43. The van der Waals surface area contributed by atoms with E-state index in [1.807, 2.05) is 30.5 Å². The van der Waals surface area contributed by atoms with Crippen LogP contribution in [0.25, 0.3) is 5.69 Å². The molecule has 1 amide bonds. The molecular formula is C22H25N3O5S. The third kappa shape index (κ3) is 4.42. The maximum absolute atomic E-state index is 13.1. The summed E-state index contributed by atoms with van der Waals surface area (Å²) < 4.78 is 37.9. The number of nitrogens with zero attached hydrogens (tertiary/aromatic N) is 1. The smallest absolute Gasteiger partial charge is 0.268 e. The van der Waals surface area contributed by atoms with Crippen molar-refractivity contribution >= 4 is 15.9 Å². The third-order valence-corrected chi connectivity index (χ3v) is 6.35. The van der Waals surface area contributed by atoms with Gasteiger partial charge < -0.3 is 14.0 Å². The minimum absolute atomic E-state index is 0.0833. The van der Waals surface area contributed by atoms with E-state index in [1.54, 1.807) is 31.2 Å². The fourth-order valence-electron chi connectivity index (χ4n) is 3.38. The van der Waals surface area contributed by atoms with Gasteiger partial charge in [0.2, 0.25) is 0 Å². The summed E-state index contributed by atoms with van der Waals surface area (Å²) in [5, 5.41) is 0. The first-order chi connectivity index (χ1) is 14.7. The van der Waals surface area contributed by atoms with Crippen molar-refractivity contribution in [1.82, 2.24) is 14.8 Å². The lowest BCUT2D eigenvalue weighted by Crippen LogP contribution is -2.42. The monoisotopic (exact) mass is 443 g/mol. The van der Waals surface area contributed by atoms with E-state index in [2.05, 4.69) is 10.3 Å². The van der Waals surface area contributed by atoms with Gasteiger partial charge in [-0.3, -0.25) is 10.2 Å². The first-order valence-electron chi connectivity index (χ1n) is 9.48. The minimum Gasteiger partial charge on any atom is -0.493 e. The van der Waals surface area contributed by atoms with E-state index in [0.29, 0.717) is 22.7 Å². The third-order valence-electron chi connectivity index (χ3n) is 4.94. The Morgan fingerprint density at radius 3 is 2.06 bits per heavy atom. The first kappa shape index (κ1) is 22.4. The number of hydrogen-bond donors (Lipinski definition) is 2. The van der Waals surface area contributed by atoms with Crippen LogP contribution in [0.5, 0.6) is 11.5 Å². The fraction of sp³-hybridized carbons (Fsp3) is 0.227. The normalized spacial score (nSPS) is 11.3. The van der Waals surface area contributed by atoms with Gasteiger partial charge >= 0.3 is 0 Å². The van der Waals surface area contributed by atoms with Crippen LogP contribution in [-0.4, -0.2) is 33.1 Å². The number of hydrazine groups is 1. The van der Waals surface area contributed by atoms with Crippen LogP contribution in [0.2, 0.25) is 0 Å². The summed E-state index contributed by atoms with van der Waals surface area (Å²) in [6, 6.07) is 13.6. The highest BCUT2D eigenvalue weighted by molar-refractivity contribution is 7.89. The average molecular weight is 444 g/mol. The van der Waals surface area contributed by atoms with Crippen molar-refractivity contribution in [3.8, 4) is 17.2 Å². The van der Waals surface area contributed by atoms with Crippen LogP contribution in [0.3, 0.4) is 0 Å². The SMILES string of the molecule is COc1cc(C(=O)NNS(=O)(=O)c2ccccc2C)c(-n2c(C)ccc2C)cc1OC. The topological polar surface area (TPSA) is 98.7 Å². The molecule has 0 radical (unpaired) electrons. The Morgan fingerprint density at radius 2 is 1.48 bits per heavy atom. The number of sulfonamides is 1.